The lowest BCUT2D eigenvalue weighted by atomic mass is 9.93. The summed E-state index contributed by atoms with van der Waals surface area (Å²) in [5.74, 6) is 0.779. The van der Waals surface area contributed by atoms with E-state index >= 15 is 0 Å². The standard InChI is InChI=1S/C20H28FN5O/c1-14-6-5-11-25(12-14)20(3,4)13-22-19(27)18-23-15(2)26(24-18)17-9-7-16(21)8-10-17/h7-10,14H,5-6,11-13H2,1-4H3,(H,22,27). The van der Waals surface area contributed by atoms with Gasteiger partial charge in [0.05, 0.1) is 5.69 Å². The number of aryl methyl sites for hydroxylation is 1. The van der Waals surface area contributed by atoms with Gasteiger partial charge >= 0.3 is 0 Å². The third-order valence-corrected chi connectivity index (χ3v) is 5.24. The summed E-state index contributed by atoms with van der Waals surface area (Å²) < 4.78 is 14.7. The van der Waals surface area contributed by atoms with E-state index in [1.165, 1.54) is 25.0 Å². The van der Waals surface area contributed by atoms with Gasteiger partial charge in [0, 0.05) is 18.6 Å². The Morgan fingerprint density at radius 3 is 2.70 bits per heavy atom. The number of nitrogens with zero attached hydrogens (tertiary/aromatic N) is 4. The minimum absolute atomic E-state index is 0.125. The normalized spacial score (nSPS) is 18.5. The first-order chi connectivity index (χ1) is 12.8. The Labute approximate surface area is 159 Å². The fourth-order valence-corrected chi connectivity index (χ4v) is 3.54. The van der Waals surface area contributed by atoms with E-state index in [4.69, 9.17) is 0 Å². The topological polar surface area (TPSA) is 63.1 Å². The van der Waals surface area contributed by atoms with Crippen LogP contribution in [-0.4, -0.2) is 50.7 Å². The molecule has 1 aliphatic heterocycles. The lowest BCUT2D eigenvalue weighted by Gasteiger charge is -2.43. The Bertz CT molecular complexity index is 799. The van der Waals surface area contributed by atoms with Gasteiger partial charge in [-0.15, -0.1) is 5.10 Å². The molecule has 1 saturated heterocycles. The van der Waals surface area contributed by atoms with E-state index in [1.807, 2.05) is 0 Å². The molecule has 1 unspecified atom stereocenters. The van der Waals surface area contributed by atoms with Gasteiger partial charge in [-0.1, -0.05) is 6.92 Å². The number of carbonyl (C=O) groups excluding carboxylic acids is 1. The average Bonchev–Trinajstić information content (AvgIpc) is 3.02. The molecular formula is C20H28FN5O. The van der Waals surface area contributed by atoms with Crippen LogP contribution in [0.1, 0.15) is 50.1 Å². The smallest absolute Gasteiger partial charge is 0.291 e. The van der Waals surface area contributed by atoms with Crippen molar-refractivity contribution in [3.8, 4) is 5.69 Å². The van der Waals surface area contributed by atoms with Gasteiger partial charge in [-0.25, -0.2) is 14.1 Å². The second-order valence-electron chi connectivity index (χ2n) is 8.06. The van der Waals surface area contributed by atoms with Crippen LogP contribution >= 0.6 is 0 Å². The molecule has 3 rings (SSSR count). The van der Waals surface area contributed by atoms with Crippen LogP contribution in [-0.2, 0) is 0 Å². The minimum Gasteiger partial charge on any atom is -0.347 e. The molecule has 1 aliphatic rings. The van der Waals surface area contributed by atoms with E-state index < -0.39 is 0 Å². The quantitative estimate of drug-likeness (QED) is 0.875. The molecule has 0 spiro atoms. The zero-order valence-corrected chi connectivity index (χ0v) is 16.5. The molecule has 0 bridgehead atoms. The predicted octanol–water partition coefficient (Wildman–Crippen LogP) is 2.96. The molecule has 2 aromatic rings. The number of carbonyl (C=O) groups is 1. The number of halogens is 1. The van der Waals surface area contributed by atoms with Crippen LogP contribution < -0.4 is 5.32 Å². The molecule has 1 atom stereocenters. The monoisotopic (exact) mass is 373 g/mol. The maximum absolute atomic E-state index is 13.1. The van der Waals surface area contributed by atoms with Gasteiger partial charge in [0.1, 0.15) is 11.6 Å². The Morgan fingerprint density at radius 1 is 1.33 bits per heavy atom. The van der Waals surface area contributed by atoms with Crippen molar-refractivity contribution in [2.45, 2.75) is 46.1 Å². The Kier molecular flexibility index (Phi) is 5.60. The Morgan fingerprint density at radius 2 is 2.04 bits per heavy atom. The molecule has 1 N–H and O–H groups in total. The first-order valence-electron chi connectivity index (χ1n) is 9.49. The van der Waals surface area contributed by atoms with Crippen molar-refractivity contribution >= 4 is 5.91 Å². The molecule has 1 amide bonds. The highest BCUT2D eigenvalue weighted by Crippen LogP contribution is 2.23. The molecule has 1 aromatic heterocycles. The van der Waals surface area contributed by atoms with Gasteiger partial charge in [0.25, 0.3) is 5.91 Å². The summed E-state index contributed by atoms with van der Waals surface area (Å²) in [4.78, 5) is 19.3. The summed E-state index contributed by atoms with van der Waals surface area (Å²) in [7, 11) is 0. The molecule has 7 heteroatoms. The highest BCUT2D eigenvalue weighted by Gasteiger charge is 2.31. The van der Waals surface area contributed by atoms with Gasteiger partial charge in [-0.05, 0) is 70.3 Å². The summed E-state index contributed by atoms with van der Waals surface area (Å²) in [6, 6.07) is 5.94. The van der Waals surface area contributed by atoms with Crippen LogP contribution in [0.5, 0.6) is 0 Å². The fourth-order valence-electron chi connectivity index (χ4n) is 3.54. The van der Waals surface area contributed by atoms with Crippen LogP contribution in [0.2, 0.25) is 0 Å². The fraction of sp³-hybridized carbons (Fsp3) is 0.550. The van der Waals surface area contributed by atoms with E-state index in [1.54, 1.807) is 23.7 Å². The van der Waals surface area contributed by atoms with Crippen LogP contribution in [0, 0.1) is 18.7 Å². The van der Waals surface area contributed by atoms with E-state index in [-0.39, 0.29) is 23.1 Å². The molecular weight excluding hydrogens is 345 g/mol. The first kappa shape index (κ1) is 19.5. The summed E-state index contributed by atoms with van der Waals surface area (Å²) in [5.41, 5.74) is 0.543. The lowest BCUT2D eigenvalue weighted by Crippen LogP contribution is -2.54. The SMILES string of the molecule is Cc1nc(C(=O)NCC(C)(C)N2CCCC(C)C2)nn1-c1ccc(F)cc1. The molecule has 27 heavy (non-hydrogen) atoms. The maximum atomic E-state index is 13.1. The van der Waals surface area contributed by atoms with E-state index in [0.29, 0.717) is 24.0 Å². The number of aromatic nitrogens is 3. The van der Waals surface area contributed by atoms with Gasteiger partial charge in [-0.3, -0.25) is 9.69 Å². The van der Waals surface area contributed by atoms with Crippen LogP contribution in [0.4, 0.5) is 4.39 Å². The zero-order chi connectivity index (χ0) is 19.6. The molecule has 1 aromatic carbocycles. The van der Waals surface area contributed by atoms with Crippen molar-refractivity contribution in [2.24, 2.45) is 5.92 Å². The first-order valence-corrected chi connectivity index (χ1v) is 9.49. The van der Waals surface area contributed by atoms with E-state index in [0.717, 1.165) is 13.1 Å². The number of piperidine rings is 1. The third-order valence-electron chi connectivity index (χ3n) is 5.24. The van der Waals surface area contributed by atoms with Crippen molar-refractivity contribution < 1.29 is 9.18 Å². The van der Waals surface area contributed by atoms with Gasteiger partial charge in [-0.2, -0.15) is 0 Å². The number of rotatable bonds is 5. The maximum Gasteiger partial charge on any atom is 0.291 e. The van der Waals surface area contributed by atoms with Crippen molar-refractivity contribution in [2.75, 3.05) is 19.6 Å². The molecule has 2 heterocycles. The Balaban J connectivity index is 1.66. The Hall–Kier alpha value is -2.28. The summed E-state index contributed by atoms with van der Waals surface area (Å²) in [6.07, 6.45) is 2.46. The zero-order valence-electron chi connectivity index (χ0n) is 16.5. The van der Waals surface area contributed by atoms with Gasteiger partial charge in [0.15, 0.2) is 0 Å². The molecule has 0 saturated carbocycles. The number of likely N-dealkylation sites (tertiary alicyclic amines) is 1. The molecule has 146 valence electrons. The van der Waals surface area contributed by atoms with Crippen LogP contribution in [0.3, 0.4) is 0 Å². The third kappa shape index (κ3) is 4.53. The number of hydrogen-bond donors (Lipinski definition) is 1. The summed E-state index contributed by atoms with van der Waals surface area (Å²) in [6.45, 7) is 11.0. The molecule has 6 nitrogen and oxygen atoms in total. The van der Waals surface area contributed by atoms with E-state index in [9.17, 15) is 9.18 Å². The largest absolute Gasteiger partial charge is 0.347 e. The highest BCUT2D eigenvalue weighted by atomic mass is 19.1. The van der Waals surface area contributed by atoms with Gasteiger partial charge < -0.3 is 5.32 Å². The summed E-state index contributed by atoms with van der Waals surface area (Å²) in [5, 5.41) is 7.27. The van der Waals surface area contributed by atoms with Gasteiger partial charge in [0.2, 0.25) is 5.82 Å². The number of benzene rings is 1. The second kappa shape index (κ2) is 7.76. The molecule has 0 aliphatic carbocycles. The van der Waals surface area contributed by atoms with Crippen molar-refractivity contribution in [1.29, 1.82) is 0 Å². The lowest BCUT2D eigenvalue weighted by molar-refractivity contribution is 0.0654. The molecule has 0 radical (unpaired) electrons. The number of nitrogens with one attached hydrogen (secondary N) is 1. The van der Waals surface area contributed by atoms with E-state index in [2.05, 4.69) is 41.1 Å². The average molecular weight is 373 g/mol. The summed E-state index contributed by atoms with van der Waals surface area (Å²) >= 11 is 0. The van der Waals surface area contributed by atoms with Crippen molar-refractivity contribution in [3.63, 3.8) is 0 Å². The molecule has 1 fully saturated rings. The van der Waals surface area contributed by atoms with Crippen LogP contribution in [0.15, 0.2) is 24.3 Å². The van der Waals surface area contributed by atoms with Crippen molar-refractivity contribution in [3.05, 3.63) is 41.7 Å². The number of hydrogen-bond acceptors (Lipinski definition) is 4. The number of amides is 1. The van der Waals surface area contributed by atoms with Crippen molar-refractivity contribution in [1.82, 2.24) is 25.0 Å². The predicted molar refractivity (Wildman–Crippen MR) is 102 cm³/mol. The highest BCUT2D eigenvalue weighted by molar-refractivity contribution is 5.90. The second-order valence-corrected chi connectivity index (χ2v) is 8.06. The van der Waals surface area contributed by atoms with Crippen LogP contribution in [0.25, 0.3) is 5.69 Å². The minimum atomic E-state index is -0.316.